The number of rotatable bonds is 13. The number of aryl methyl sites for hydroxylation is 2. The Kier molecular flexibility index (Phi) is 16.2. The number of hydrogen-bond donors (Lipinski definition) is 1. The lowest BCUT2D eigenvalue weighted by molar-refractivity contribution is -0.115. The van der Waals surface area contributed by atoms with Crippen LogP contribution >= 0.6 is 0 Å². The summed E-state index contributed by atoms with van der Waals surface area (Å²) in [6, 6.07) is 26.2. The van der Waals surface area contributed by atoms with Crippen molar-refractivity contribution in [3.05, 3.63) is 107 Å². The molecule has 0 aliphatic heterocycles. The van der Waals surface area contributed by atoms with Crippen LogP contribution in [0.15, 0.2) is 84.6 Å². The second kappa shape index (κ2) is 19.5. The van der Waals surface area contributed by atoms with Crippen molar-refractivity contribution in [3.8, 4) is 0 Å². The molecule has 0 amide bonds. The van der Waals surface area contributed by atoms with Gasteiger partial charge in [0.05, 0.1) is 6.61 Å². The number of fused-ring (bicyclic) bond motifs is 1. The van der Waals surface area contributed by atoms with Crippen LogP contribution in [0.5, 0.6) is 0 Å². The standard InChI is InChI=1S/C34H42N2O.C3H6O.C2H6/c1-5-7-16-29-17-11-13-26(3)33(29)36(4)34(31-19-20-32-30(24-31)21-22-35-32)28(6-2)18-12-23-37-25-27-14-9-8-10-15-27;1-3(2)4;1-2/h8-11,13-15,17,19-22,24,35H,5-7,12,16,18,23,25H2,1-4H3;1-2H3;1-2H3/b34-28-;;. The van der Waals surface area contributed by atoms with E-state index in [9.17, 15) is 4.79 Å². The lowest BCUT2D eigenvalue weighted by Gasteiger charge is -2.30. The highest BCUT2D eigenvalue weighted by atomic mass is 16.5. The summed E-state index contributed by atoms with van der Waals surface area (Å²) in [4.78, 5) is 15.3. The van der Waals surface area contributed by atoms with Crippen LogP contribution in [-0.4, -0.2) is 24.4 Å². The number of benzene rings is 3. The Bertz CT molecular complexity index is 1400. The molecule has 0 fully saturated rings. The fourth-order valence-corrected chi connectivity index (χ4v) is 5.33. The maximum Gasteiger partial charge on any atom is 0.126 e. The minimum atomic E-state index is 0.167. The first-order valence-electron chi connectivity index (χ1n) is 16.1. The molecule has 0 saturated heterocycles. The monoisotopic (exact) mass is 582 g/mol. The average molecular weight is 583 g/mol. The van der Waals surface area contributed by atoms with Crippen LogP contribution < -0.4 is 4.90 Å². The Morgan fingerprint density at radius 3 is 2.30 bits per heavy atom. The molecule has 1 heterocycles. The van der Waals surface area contributed by atoms with Crippen molar-refractivity contribution in [1.82, 2.24) is 4.98 Å². The predicted octanol–water partition coefficient (Wildman–Crippen LogP) is 10.7. The zero-order valence-electron chi connectivity index (χ0n) is 27.9. The van der Waals surface area contributed by atoms with Crippen LogP contribution in [0.3, 0.4) is 0 Å². The third-order valence-corrected chi connectivity index (χ3v) is 7.26. The van der Waals surface area contributed by atoms with Crippen molar-refractivity contribution in [1.29, 1.82) is 0 Å². The molecule has 0 aliphatic carbocycles. The Morgan fingerprint density at radius 2 is 1.63 bits per heavy atom. The topological polar surface area (TPSA) is 45.3 Å². The van der Waals surface area contributed by atoms with E-state index in [0.717, 1.165) is 32.3 Å². The molecule has 0 radical (unpaired) electrons. The van der Waals surface area contributed by atoms with Crippen LogP contribution in [0.2, 0.25) is 0 Å². The molecule has 0 aliphatic rings. The average Bonchev–Trinajstić information content (AvgIpc) is 3.48. The van der Waals surface area contributed by atoms with E-state index in [0.29, 0.717) is 6.61 Å². The Morgan fingerprint density at radius 1 is 0.907 bits per heavy atom. The lowest BCUT2D eigenvalue weighted by Crippen LogP contribution is -2.20. The number of Topliss-reactive ketones (excluding diaryl/α,β-unsaturated/α-hetero) is 1. The first-order chi connectivity index (χ1) is 20.8. The van der Waals surface area contributed by atoms with Gasteiger partial charge in [-0.3, -0.25) is 0 Å². The highest BCUT2D eigenvalue weighted by Crippen LogP contribution is 2.36. The number of carbonyl (C=O) groups excluding carboxylic acids is 1. The van der Waals surface area contributed by atoms with Gasteiger partial charge in [0.25, 0.3) is 0 Å². The first-order valence-corrected chi connectivity index (χ1v) is 16.1. The first kappa shape index (κ1) is 35.6. The fourth-order valence-electron chi connectivity index (χ4n) is 5.33. The molecule has 0 unspecified atom stereocenters. The largest absolute Gasteiger partial charge is 0.377 e. The summed E-state index contributed by atoms with van der Waals surface area (Å²) in [5, 5.41) is 1.25. The molecule has 4 rings (SSSR count). The maximum atomic E-state index is 9.44. The highest BCUT2D eigenvalue weighted by Gasteiger charge is 2.19. The minimum absolute atomic E-state index is 0.167. The predicted molar refractivity (Wildman–Crippen MR) is 187 cm³/mol. The van der Waals surface area contributed by atoms with E-state index < -0.39 is 0 Å². The number of H-pyrrole nitrogens is 1. The number of allylic oxidation sites excluding steroid dienone is 1. The number of anilines is 1. The van der Waals surface area contributed by atoms with E-state index in [4.69, 9.17) is 4.74 Å². The SMILES string of the molecule is CC.CC(C)=O.CCCCc1cccc(C)c1N(C)/C(=C(/CC)CCCOCc1ccccc1)c1ccc2[nH]ccc2c1. The Balaban J connectivity index is 0.000000993. The van der Waals surface area contributed by atoms with Crippen LogP contribution in [0.25, 0.3) is 16.6 Å². The number of hydrogen-bond acceptors (Lipinski definition) is 3. The molecular weight excluding hydrogens is 528 g/mol. The molecule has 3 aromatic carbocycles. The minimum Gasteiger partial charge on any atom is -0.377 e. The fraction of sp³-hybridized carbons (Fsp3) is 0.410. The third kappa shape index (κ3) is 11.2. The van der Waals surface area contributed by atoms with Crippen molar-refractivity contribution >= 4 is 28.1 Å². The summed E-state index contributed by atoms with van der Waals surface area (Å²) in [6.07, 6.45) is 8.58. The molecule has 4 heteroatoms. The molecule has 4 nitrogen and oxygen atoms in total. The van der Waals surface area contributed by atoms with Crippen molar-refractivity contribution in [2.45, 2.75) is 93.6 Å². The van der Waals surface area contributed by atoms with Gasteiger partial charge in [-0.15, -0.1) is 0 Å². The zero-order chi connectivity index (χ0) is 31.6. The van der Waals surface area contributed by atoms with Crippen molar-refractivity contribution in [2.24, 2.45) is 0 Å². The van der Waals surface area contributed by atoms with Crippen molar-refractivity contribution < 1.29 is 9.53 Å². The number of unbranched alkanes of at least 4 members (excludes halogenated alkanes) is 1. The number of aromatic nitrogens is 1. The van der Waals surface area contributed by atoms with Gasteiger partial charge < -0.3 is 19.4 Å². The van der Waals surface area contributed by atoms with Gasteiger partial charge in [-0.1, -0.05) is 88.7 Å². The zero-order valence-corrected chi connectivity index (χ0v) is 27.9. The van der Waals surface area contributed by atoms with Crippen LogP contribution in [-0.2, 0) is 22.6 Å². The van der Waals surface area contributed by atoms with Gasteiger partial charge >= 0.3 is 0 Å². The normalized spacial score (nSPS) is 11.2. The quantitative estimate of drug-likeness (QED) is 0.159. The molecule has 1 N–H and O–H groups in total. The van der Waals surface area contributed by atoms with Crippen molar-refractivity contribution in [2.75, 3.05) is 18.6 Å². The summed E-state index contributed by atoms with van der Waals surface area (Å²) in [7, 11) is 2.26. The number of para-hydroxylation sites is 1. The molecule has 0 atom stereocenters. The Hall–Kier alpha value is -3.63. The molecular formula is C39H54N2O2. The number of aromatic amines is 1. The number of ketones is 1. The molecule has 0 spiro atoms. The third-order valence-electron chi connectivity index (χ3n) is 7.26. The van der Waals surface area contributed by atoms with E-state index in [1.165, 1.54) is 76.8 Å². The van der Waals surface area contributed by atoms with Gasteiger partial charge in [0.1, 0.15) is 5.78 Å². The molecule has 0 saturated carbocycles. The second-order valence-electron chi connectivity index (χ2n) is 10.9. The van der Waals surface area contributed by atoms with E-state index >= 15 is 0 Å². The summed E-state index contributed by atoms with van der Waals surface area (Å²) in [6.45, 7) is 15.3. The maximum absolute atomic E-state index is 9.44. The van der Waals surface area contributed by atoms with E-state index in [1.807, 2.05) is 26.1 Å². The van der Waals surface area contributed by atoms with Gasteiger partial charge in [0, 0.05) is 42.1 Å². The van der Waals surface area contributed by atoms with E-state index in [-0.39, 0.29) is 5.78 Å². The summed E-state index contributed by atoms with van der Waals surface area (Å²) >= 11 is 0. The van der Waals surface area contributed by atoms with Gasteiger partial charge in [-0.05, 0) is 98.9 Å². The number of nitrogens with zero attached hydrogens (tertiary/aromatic N) is 1. The van der Waals surface area contributed by atoms with E-state index in [1.54, 1.807) is 0 Å². The summed E-state index contributed by atoms with van der Waals surface area (Å²) in [5.74, 6) is 0.167. The Labute approximate surface area is 261 Å². The molecule has 0 bridgehead atoms. The summed E-state index contributed by atoms with van der Waals surface area (Å²) in [5.41, 5.74) is 10.6. The van der Waals surface area contributed by atoms with Crippen LogP contribution in [0, 0.1) is 6.92 Å². The smallest absolute Gasteiger partial charge is 0.126 e. The highest BCUT2D eigenvalue weighted by molar-refractivity contribution is 5.89. The number of ether oxygens (including phenoxy) is 1. The van der Waals surface area contributed by atoms with Gasteiger partial charge in [-0.25, -0.2) is 0 Å². The van der Waals surface area contributed by atoms with Crippen LogP contribution in [0.1, 0.15) is 95.9 Å². The number of carbonyl (C=O) groups is 1. The summed E-state index contributed by atoms with van der Waals surface area (Å²) < 4.78 is 6.03. The molecule has 232 valence electrons. The lowest BCUT2D eigenvalue weighted by atomic mass is 9.96. The molecule has 1 aromatic heterocycles. The molecule has 4 aromatic rings. The van der Waals surface area contributed by atoms with Gasteiger partial charge in [-0.2, -0.15) is 0 Å². The van der Waals surface area contributed by atoms with Crippen molar-refractivity contribution in [3.63, 3.8) is 0 Å². The molecule has 43 heavy (non-hydrogen) atoms. The number of nitrogens with one attached hydrogen (secondary N) is 1. The second-order valence-corrected chi connectivity index (χ2v) is 10.9. The van der Waals surface area contributed by atoms with Gasteiger partial charge in [0.2, 0.25) is 0 Å². The van der Waals surface area contributed by atoms with Crippen LogP contribution in [0.4, 0.5) is 5.69 Å². The van der Waals surface area contributed by atoms with E-state index in [2.05, 4.69) is 104 Å². The van der Waals surface area contributed by atoms with Gasteiger partial charge in [0.15, 0.2) is 0 Å².